The van der Waals surface area contributed by atoms with Gasteiger partial charge >= 0.3 is 0 Å². The second-order valence-corrected chi connectivity index (χ2v) is 4.87. The number of aliphatic hydroxyl groups is 1. The molecule has 1 aliphatic rings. The predicted octanol–water partition coefficient (Wildman–Crippen LogP) is 1.64. The van der Waals surface area contributed by atoms with Crippen LogP contribution in [0.4, 0.5) is 0 Å². The highest BCUT2D eigenvalue weighted by Crippen LogP contribution is 2.27. The molecule has 1 aromatic rings. The van der Waals surface area contributed by atoms with E-state index in [9.17, 15) is 5.11 Å². The summed E-state index contributed by atoms with van der Waals surface area (Å²) in [5, 5.41) is 10.0. The largest absolute Gasteiger partial charge is 0.444 e. The van der Waals surface area contributed by atoms with Crippen molar-refractivity contribution in [1.82, 2.24) is 9.88 Å². The van der Waals surface area contributed by atoms with E-state index in [1.165, 1.54) is 0 Å². The van der Waals surface area contributed by atoms with Gasteiger partial charge in [-0.25, -0.2) is 4.98 Å². The van der Waals surface area contributed by atoms with Gasteiger partial charge in [0.25, 0.3) is 0 Å². The average Bonchev–Trinajstić information content (AvgIpc) is 2.44. The monoisotopic (exact) mass is 224 g/mol. The molecule has 0 saturated carbocycles. The number of hydrogen-bond donors (Lipinski definition) is 1. The fourth-order valence-electron chi connectivity index (χ4n) is 2.32. The third-order valence-corrected chi connectivity index (χ3v) is 3.18. The van der Waals surface area contributed by atoms with Crippen LogP contribution in [0.2, 0.25) is 0 Å². The summed E-state index contributed by atoms with van der Waals surface area (Å²) in [6.45, 7) is 8.16. The Morgan fingerprint density at radius 2 is 2.12 bits per heavy atom. The summed E-state index contributed by atoms with van der Waals surface area (Å²) in [5.41, 5.74) is 0.491. The average molecular weight is 224 g/mol. The summed E-state index contributed by atoms with van der Waals surface area (Å²) in [6.07, 6.45) is 1.91. The Balaban J connectivity index is 1.85. The Labute approximate surface area is 96.3 Å². The summed E-state index contributed by atoms with van der Waals surface area (Å²) in [4.78, 5) is 6.50. The smallest absolute Gasteiger partial charge is 0.208 e. The quantitative estimate of drug-likeness (QED) is 0.844. The molecule has 2 heterocycles. The molecule has 16 heavy (non-hydrogen) atoms. The molecule has 90 valence electrons. The first-order chi connectivity index (χ1) is 7.52. The van der Waals surface area contributed by atoms with E-state index in [1.807, 2.05) is 13.8 Å². The molecule has 0 aromatic carbocycles. The zero-order valence-corrected chi connectivity index (χ0v) is 10.3. The highest BCUT2D eigenvalue weighted by Gasteiger charge is 2.40. The molecule has 0 spiro atoms. The Kier molecular flexibility index (Phi) is 3.04. The molecule has 4 nitrogen and oxygen atoms in total. The molecule has 0 bridgehead atoms. The molecular weight excluding hydrogens is 204 g/mol. The Morgan fingerprint density at radius 3 is 2.62 bits per heavy atom. The van der Waals surface area contributed by atoms with Crippen molar-refractivity contribution >= 4 is 0 Å². The maximum absolute atomic E-state index is 10.0. The van der Waals surface area contributed by atoms with Gasteiger partial charge in [0.05, 0.1) is 17.8 Å². The number of nitrogens with zero attached hydrogens (tertiary/aromatic N) is 2. The highest BCUT2D eigenvalue weighted by atomic mass is 16.4. The molecule has 1 aromatic heterocycles. The number of aryl methyl sites for hydroxylation is 2. The Bertz CT molecular complexity index is 348. The van der Waals surface area contributed by atoms with Crippen LogP contribution in [0, 0.1) is 13.8 Å². The number of β-amino-alcohol motifs (C(OH)–C–C–N with tert-alkyl or cyclic N) is 1. The van der Waals surface area contributed by atoms with Gasteiger partial charge in [-0.05, 0) is 20.3 Å². The van der Waals surface area contributed by atoms with Crippen molar-refractivity contribution in [2.45, 2.75) is 45.8 Å². The van der Waals surface area contributed by atoms with Crippen LogP contribution in [-0.4, -0.2) is 33.7 Å². The minimum absolute atomic E-state index is 0.467. The maximum Gasteiger partial charge on any atom is 0.208 e. The lowest BCUT2D eigenvalue weighted by atomic mass is 9.89. The molecule has 4 heteroatoms. The van der Waals surface area contributed by atoms with E-state index in [4.69, 9.17) is 4.42 Å². The number of likely N-dealkylation sites (tertiary alicyclic amines) is 1. The minimum atomic E-state index is -0.467. The van der Waals surface area contributed by atoms with Crippen LogP contribution in [-0.2, 0) is 6.54 Å². The van der Waals surface area contributed by atoms with E-state index in [0.29, 0.717) is 6.54 Å². The third kappa shape index (κ3) is 2.28. The standard InChI is InChI=1S/C12H20N2O2/c1-4-5-12(15)7-14(8-12)6-11-13-9(2)10(3)16-11/h15H,4-8H2,1-3H3. The first-order valence-corrected chi connectivity index (χ1v) is 5.90. The lowest BCUT2D eigenvalue weighted by Crippen LogP contribution is -2.60. The van der Waals surface area contributed by atoms with Crippen LogP contribution in [0.3, 0.4) is 0 Å². The summed E-state index contributed by atoms with van der Waals surface area (Å²) < 4.78 is 5.51. The van der Waals surface area contributed by atoms with Crippen LogP contribution in [0.1, 0.15) is 37.1 Å². The molecule has 1 saturated heterocycles. The second kappa shape index (κ2) is 4.18. The van der Waals surface area contributed by atoms with Crippen molar-refractivity contribution in [2.75, 3.05) is 13.1 Å². The second-order valence-electron chi connectivity index (χ2n) is 4.87. The van der Waals surface area contributed by atoms with E-state index >= 15 is 0 Å². The first-order valence-electron chi connectivity index (χ1n) is 5.90. The summed E-state index contributed by atoms with van der Waals surface area (Å²) in [6, 6.07) is 0. The van der Waals surface area contributed by atoms with Crippen molar-refractivity contribution in [3.63, 3.8) is 0 Å². The minimum Gasteiger partial charge on any atom is -0.444 e. The summed E-state index contributed by atoms with van der Waals surface area (Å²) in [5.74, 6) is 1.65. The molecule has 0 unspecified atom stereocenters. The first kappa shape index (κ1) is 11.6. The Morgan fingerprint density at radius 1 is 1.44 bits per heavy atom. The van der Waals surface area contributed by atoms with E-state index in [-0.39, 0.29) is 0 Å². The Hall–Kier alpha value is -0.870. The van der Waals surface area contributed by atoms with Crippen molar-refractivity contribution in [1.29, 1.82) is 0 Å². The number of oxazole rings is 1. The van der Waals surface area contributed by atoms with Gasteiger partial charge in [-0.2, -0.15) is 0 Å². The normalized spacial score (nSPS) is 19.8. The van der Waals surface area contributed by atoms with Gasteiger partial charge in [0.1, 0.15) is 5.76 Å². The van der Waals surface area contributed by atoms with Crippen molar-refractivity contribution in [3.8, 4) is 0 Å². The fourth-order valence-corrected chi connectivity index (χ4v) is 2.32. The summed E-state index contributed by atoms with van der Waals surface area (Å²) in [7, 11) is 0. The van der Waals surface area contributed by atoms with Crippen LogP contribution in [0.25, 0.3) is 0 Å². The molecular formula is C12H20N2O2. The molecule has 0 radical (unpaired) electrons. The van der Waals surface area contributed by atoms with Gasteiger partial charge < -0.3 is 9.52 Å². The van der Waals surface area contributed by atoms with Gasteiger partial charge in [0.15, 0.2) is 0 Å². The highest BCUT2D eigenvalue weighted by molar-refractivity contribution is 5.06. The lowest BCUT2D eigenvalue weighted by Gasteiger charge is -2.46. The van der Waals surface area contributed by atoms with Crippen LogP contribution in [0.15, 0.2) is 4.42 Å². The van der Waals surface area contributed by atoms with Crippen molar-refractivity contribution < 1.29 is 9.52 Å². The predicted molar refractivity (Wildman–Crippen MR) is 61.1 cm³/mol. The van der Waals surface area contributed by atoms with Gasteiger partial charge in [-0.3, -0.25) is 4.90 Å². The molecule has 1 N–H and O–H groups in total. The van der Waals surface area contributed by atoms with Gasteiger partial charge in [0, 0.05) is 13.1 Å². The topological polar surface area (TPSA) is 49.5 Å². The number of rotatable bonds is 4. The number of hydrogen-bond acceptors (Lipinski definition) is 4. The zero-order chi connectivity index (χ0) is 11.8. The molecule has 0 atom stereocenters. The fraction of sp³-hybridized carbons (Fsp3) is 0.750. The van der Waals surface area contributed by atoms with Gasteiger partial charge in [-0.15, -0.1) is 0 Å². The molecule has 1 fully saturated rings. The van der Waals surface area contributed by atoms with Gasteiger partial charge in [0.2, 0.25) is 5.89 Å². The number of aromatic nitrogens is 1. The molecule has 1 aliphatic heterocycles. The molecule has 2 rings (SSSR count). The zero-order valence-electron chi connectivity index (χ0n) is 10.3. The molecule has 0 aliphatic carbocycles. The van der Waals surface area contributed by atoms with Crippen LogP contribution in [0.5, 0.6) is 0 Å². The van der Waals surface area contributed by atoms with Crippen LogP contribution >= 0.6 is 0 Å². The summed E-state index contributed by atoms with van der Waals surface area (Å²) >= 11 is 0. The van der Waals surface area contributed by atoms with E-state index in [0.717, 1.165) is 43.3 Å². The van der Waals surface area contributed by atoms with Crippen molar-refractivity contribution in [3.05, 3.63) is 17.3 Å². The maximum atomic E-state index is 10.0. The molecule has 0 amide bonds. The SMILES string of the molecule is CCCC1(O)CN(Cc2nc(C)c(C)o2)C1. The van der Waals surface area contributed by atoms with Crippen LogP contribution < -0.4 is 0 Å². The van der Waals surface area contributed by atoms with Gasteiger partial charge in [-0.1, -0.05) is 13.3 Å². The van der Waals surface area contributed by atoms with E-state index in [2.05, 4.69) is 16.8 Å². The lowest BCUT2D eigenvalue weighted by molar-refractivity contribution is -0.109. The van der Waals surface area contributed by atoms with Crippen molar-refractivity contribution in [2.24, 2.45) is 0 Å². The van der Waals surface area contributed by atoms with E-state index in [1.54, 1.807) is 0 Å². The van der Waals surface area contributed by atoms with E-state index < -0.39 is 5.60 Å². The third-order valence-electron chi connectivity index (χ3n) is 3.18.